The van der Waals surface area contributed by atoms with Crippen molar-refractivity contribution in [3.63, 3.8) is 0 Å². The second-order valence-corrected chi connectivity index (χ2v) is 6.65. The monoisotopic (exact) mass is 322 g/mol. The van der Waals surface area contributed by atoms with Crippen LogP contribution < -0.4 is 0 Å². The Morgan fingerprint density at radius 1 is 1.21 bits per heavy atom. The molecule has 0 spiro atoms. The highest BCUT2D eigenvalue weighted by Gasteiger charge is 2.42. The van der Waals surface area contributed by atoms with Crippen molar-refractivity contribution in [2.45, 2.75) is 32.7 Å². The van der Waals surface area contributed by atoms with Gasteiger partial charge in [0.25, 0.3) is 0 Å². The van der Waals surface area contributed by atoms with E-state index in [4.69, 9.17) is 0 Å². The van der Waals surface area contributed by atoms with Crippen molar-refractivity contribution < 1.29 is 9.18 Å². The quantitative estimate of drug-likeness (QED) is 0.781. The van der Waals surface area contributed by atoms with Crippen LogP contribution in [0.4, 0.5) is 4.39 Å². The summed E-state index contributed by atoms with van der Waals surface area (Å²) < 4.78 is 13.3. The Hall–Kier alpha value is -2.49. The van der Waals surface area contributed by atoms with Gasteiger partial charge < -0.3 is 0 Å². The number of hydrogen-bond donors (Lipinski definition) is 0. The minimum Gasteiger partial charge on any atom is -0.273 e. The summed E-state index contributed by atoms with van der Waals surface area (Å²) in [7, 11) is 0. The Kier molecular flexibility index (Phi) is 3.48. The zero-order valence-corrected chi connectivity index (χ0v) is 13.8. The number of carbonyl (C=O) groups is 1. The summed E-state index contributed by atoms with van der Waals surface area (Å²) in [6, 6.07) is 12.7. The molecule has 122 valence electrons. The van der Waals surface area contributed by atoms with Crippen molar-refractivity contribution >= 4 is 11.6 Å². The molecule has 0 bridgehead atoms. The number of carbonyl (C=O) groups excluding carboxylic acids is 1. The standard InChI is InChI=1S/C20H19FN2O/c1-12-3-4-14-7-10-17-19(18(14)11-12)22-23(13(2)24)20(17)15-5-8-16(21)9-6-15/h3-6,8-9,11,17,20H,7,10H2,1-2H3/t17-,20+/m1/s1. The lowest BCUT2D eigenvalue weighted by atomic mass is 9.77. The van der Waals surface area contributed by atoms with Gasteiger partial charge in [0, 0.05) is 18.4 Å². The molecular weight excluding hydrogens is 303 g/mol. The van der Waals surface area contributed by atoms with Crippen molar-refractivity contribution in [2.75, 3.05) is 0 Å². The molecule has 0 saturated carbocycles. The maximum absolute atomic E-state index is 13.3. The maximum atomic E-state index is 13.3. The molecule has 0 fully saturated rings. The fourth-order valence-corrected chi connectivity index (χ4v) is 3.88. The summed E-state index contributed by atoms with van der Waals surface area (Å²) in [5.74, 6) is -0.189. The Morgan fingerprint density at radius 3 is 2.67 bits per heavy atom. The summed E-state index contributed by atoms with van der Waals surface area (Å²) in [6.07, 6.45) is 1.92. The fourth-order valence-electron chi connectivity index (χ4n) is 3.88. The van der Waals surface area contributed by atoms with Gasteiger partial charge >= 0.3 is 0 Å². The topological polar surface area (TPSA) is 32.7 Å². The zero-order chi connectivity index (χ0) is 16.8. The molecule has 24 heavy (non-hydrogen) atoms. The van der Waals surface area contributed by atoms with Crippen molar-refractivity contribution in [1.29, 1.82) is 0 Å². The van der Waals surface area contributed by atoms with Gasteiger partial charge in [-0.15, -0.1) is 0 Å². The Bertz CT molecular complexity index is 841. The molecule has 2 aromatic carbocycles. The zero-order valence-electron chi connectivity index (χ0n) is 13.8. The Morgan fingerprint density at radius 2 is 1.96 bits per heavy atom. The molecule has 1 amide bonds. The molecule has 0 aromatic heterocycles. The van der Waals surface area contributed by atoms with Crippen molar-refractivity contribution in [3.05, 3.63) is 70.5 Å². The third-order valence-corrected chi connectivity index (χ3v) is 5.01. The lowest BCUT2D eigenvalue weighted by molar-refractivity contribution is -0.131. The van der Waals surface area contributed by atoms with Crippen molar-refractivity contribution in [3.8, 4) is 0 Å². The van der Waals surface area contributed by atoms with Crippen LogP contribution in [0.3, 0.4) is 0 Å². The molecule has 2 atom stereocenters. The van der Waals surface area contributed by atoms with E-state index in [9.17, 15) is 9.18 Å². The van der Waals surface area contributed by atoms with Gasteiger partial charge in [-0.2, -0.15) is 5.10 Å². The summed E-state index contributed by atoms with van der Waals surface area (Å²) in [4.78, 5) is 12.2. The van der Waals surface area contributed by atoms with Gasteiger partial charge in [-0.1, -0.05) is 29.8 Å². The Labute approximate surface area is 140 Å². The van der Waals surface area contributed by atoms with Gasteiger partial charge in [0.15, 0.2) is 0 Å². The first-order valence-corrected chi connectivity index (χ1v) is 8.28. The first-order chi connectivity index (χ1) is 11.5. The average molecular weight is 322 g/mol. The minimum atomic E-state index is -0.267. The van der Waals surface area contributed by atoms with Crippen LogP contribution in [-0.4, -0.2) is 16.6 Å². The van der Waals surface area contributed by atoms with Crippen LogP contribution in [0.5, 0.6) is 0 Å². The summed E-state index contributed by atoms with van der Waals surface area (Å²) in [5, 5.41) is 6.25. The molecule has 3 nitrogen and oxygen atoms in total. The number of amides is 1. The second-order valence-electron chi connectivity index (χ2n) is 6.65. The third-order valence-electron chi connectivity index (χ3n) is 5.01. The van der Waals surface area contributed by atoms with Gasteiger partial charge in [0.05, 0.1) is 11.8 Å². The van der Waals surface area contributed by atoms with E-state index in [0.29, 0.717) is 0 Å². The van der Waals surface area contributed by atoms with E-state index >= 15 is 0 Å². The number of rotatable bonds is 1. The van der Waals surface area contributed by atoms with Gasteiger partial charge in [-0.3, -0.25) is 4.79 Å². The molecule has 0 unspecified atom stereocenters. The molecule has 2 aliphatic rings. The van der Waals surface area contributed by atoms with Crippen LogP contribution in [-0.2, 0) is 11.2 Å². The van der Waals surface area contributed by atoms with Gasteiger partial charge in [-0.25, -0.2) is 9.40 Å². The van der Waals surface area contributed by atoms with Crippen LogP contribution in [0.2, 0.25) is 0 Å². The highest BCUT2D eigenvalue weighted by Crippen LogP contribution is 2.43. The van der Waals surface area contributed by atoms with Crippen LogP contribution in [0, 0.1) is 18.7 Å². The van der Waals surface area contributed by atoms with Crippen molar-refractivity contribution in [2.24, 2.45) is 11.0 Å². The number of hydrazone groups is 1. The summed E-state index contributed by atoms with van der Waals surface area (Å²) in [5.41, 5.74) is 5.56. The fraction of sp³-hybridized carbons (Fsp3) is 0.300. The molecule has 0 radical (unpaired) electrons. The van der Waals surface area contributed by atoms with E-state index in [2.05, 4.69) is 30.2 Å². The first kappa shape index (κ1) is 15.1. The molecule has 0 N–H and O–H groups in total. The highest BCUT2D eigenvalue weighted by atomic mass is 19.1. The summed E-state index contributed by atoms with van der Waals surface area (Å²) >= 11 is 0. The molecule has 1 aliphatic carbocycles. The smallest absolute Gasteiger partial charge is 0.240 e. The van der Waals surface area contributed by atoms with Gasteiger partial charge in [0.1, 0.15) is 5.82 Å². The van der Waals surface area contributed by atoms with E-state index in [-0.39, 0.29) is 23.7 Å². The Balaban J connectivity index is 1.81. The highest BCUT2D eigenvalue weighted by molar-refractivity contribution is 6.06. The van der Waals surface area contributed by atoms with Crippen LogP contribution >= 0.6 is 0 Å². The number of benzene rings is 2. The predicted octanol–water partition coefficient (Wildman–Crippen LogP) is 4.00. The van der Waals surface area contributed by atoms with Crippen LogP contribution in [0.15, 0.2) is 47.6 Å². The lowest BCUT2D eigenvalue weighted by Crippen LogP contribution is -2.31. The van der Waals surface area contributed by atoms with Crippen molar-refractivity contribution in [1.82, 2.24) is 5.01 Å². The number of fused-ring (bicyclic) bond motifs is 3. The van der Waals surface area contributed by atoms with E-state index in [0.717, 1.165) is 29.7 Å². The van der Waals surface area contributed by atoms with E-state index in [1.807, 2.05) is 0 Å². The van der Waals surface area contributed by atoms with E-state index in [1.54, 1.807) is 17.1 Å². The van der Waals surface area contributed by atoms with Gasteiger partial charge in [0.2, 0.25) is 5.91 Å². The normalized spacial score (nSPS) is 22.0. The summed E-state index contributed by atoms with van der Waals surface area (Å²) in [6.45, 7) is 3.61. The average Bonchev–Trinajstić information content (AvgIpc) is 2.96. The minimum absolute atomic E-state index is 0.0829. The second kappa shape index (κ2) is 5.55. The molecule has 1 aliphatic heterocycles. The SMILES string of the molecule is CC(=O)N1N=C2c3cc(C)ccc3CC[C@H]2[C@@H]1c1ccc(F)cc1. The largest absolute Gasteiger partial charge is 0.273 e. The number of halogens is 1. The van der Waals surface area contributed by atoms with Crippen LogP contribution in [0.25, 0.3) is 0 Å². The lowest BCUT2D eigenvalue weighted by Gasteiger charge is -2.29. The van der Waals surface area contributed by atoms with E-state index < -0.39 is 0 Å². The first-order valence-electron chi connectivity index (χ1n) is 8.28. The third kappa shape index (κ3) is 2.33. The molecule has 2 aromatic rings. The molecule has 4 rings (SSSR count). The number of hydrogen-bond acceptors (Lipinski definition) is 2. The van der Waals surface area contributed by atoms with E-state index in [1.165, 1.54) is 30.2 Å². The number of nitrogens with zero attached hydrogens (tertiary/aromatic N) is 2. The molecule has 4 heteroatoms. The maximum Gasteiger partial charge on any atom is 0.240 e. The van der Waals surface area contributed by atoms with Crippen LogP contribution in [0.1, 0.15) is 41.6 Å². The predicted molar refractivity (Wildman–Crippen MR) is 91.2 cm³/mol. The van der Waals surface area contributed by atoms with Gasteiger partial charge in [-0.05, 0) is 49.1 Å². The number of aryl methyl sites for hydroxylation is 2. The molecule has 1 heterocycles. The molecule has 0 saturated heterocycles. The molecular formula is C20H19FN2O.